The molecule has 2 aromatic carbocycles. The summed E-state index contributed by atoms with van der Waals surface area (Å²) in [5.74, 6) is -0.519. The lowest BCUT2D eigenvalue weighted by Crippen LogP contribution is -2.46. The van der Waals surface area contributed by atoms with E-state index in [0.29, 0.717) is 13.1 Å². The van der Waals surface area contributed by atoms with E-state index in [1.54, 1.807) is 9.80 Å². The Labute approximate surface area is 233 Å². The first kappa shape index (κ1) is 26.8. The van der Waals surface area contributed by atoms with Crippen LogP contribution in [0.1, 0.15) is 37.3 Å². The van der Waals surface area contributed by atoms with Crippen LogP contribution in [0.15, 0.2) is 48.5 Å². The number of para-hydroxylation sites is 1. The quantitative estimate of drug-likeness (QED) is 0.371. The van der Waals surface area contributed by atoms with Crippen LogP contribution in [-0.4, -0.2) is 60.2 Å². The minimum atomic E-state index is -2.85. The number of aliphatic hydroxyl groups excluding tert-OH is 1. The van der Waals surface area contributed by atoms with E-state index < -0.39 is 20.0 Å². The first-order valence-corrected chi connectivity index (χ1v) is 17.1. The van der Waals surface area contributed by atoms with E-state index in [0.717, 1.165) is 33.2 Å². The number of halogens is 1. The zero-order chi connectivity index (χ0) is 26.5. The van der Waals surface area contributed by atoms with E-state index in [9.17, 15) is 19.5 Å². The van der Waals surface area contributed by atoms with Gasteiger partial charge >= 0.3 is 0 Å². The summed E-state index contributed by atoms with van der Waals surface area (Å²) >= 11 is 2.27. The molecular formula is C28H35IN2O5Si. The van der Waals surface area contributed by atoms with Crippen molar-refractivity contribution < 1.29 is 24.2 Å². The van der Waals surface area contributed by atoms with Gasteiger partial charge in [0.2, 0.25) is 5.91 Å². The van der Waals surface area contributed by atoms with Crippen molar-refractivity contribution in [1.29, 1.82) is 0 Å². The molecule has 5 atom stereocenters. The summed E-state index contributed by atoms with van der Waals surface area (Å²) < 4.78 is 7.86. The Balaban J connectivity index is 1.51. The van der Waals surface area contributed by atoms with Gasteiger partial charge in [0, 0.05) is 27.1 Å². The fourth-order valence-electron chi connectivity index (χ4n) is 6.85. The Kier molecular flexibility index (Phi) is 7.29. The summed E-state index contributed by atoms with van der Waals surface area (Å²) in [4.78, 5) is 42.7. The number of hydrogen-bond donors (Lipinski definition) is 2. The molecule has 5 rings (SSSR count). The molecule has 37 heavy (non-hydrogen) atoms. The van der Waals surface area contributed by atoms with Gasteiger partial charge in [0.1, 0.15) is 0 Å². The average molecular weight is 635 g/mol. The number of amides is 2. The minimum absolute atomic E-state index is 0.0550. The topological polar surface area (TPSA) is 90.3 Å². The van der Waals surface area contributed by atoms with Gasteiger partial charge in [-0.25, -0.2) is 0 Å². The van der Waals surface area contributed by atoms with Crippen molar-refractivity contribution in [3.05, 3.63) is 63.2 Å². The standard InChI is InChI=1S/C28H35IN2O5Si/c1-18-26(37(2,3)35)24(15-25(33)30-13-7-10-21(30)17-32)36-28(18)22-11-4-5-12-23(22)31(27(28)34)16-19-8-6-9-20(29)14-19/h4-6,8-9,11-12,14,18,21,24,26,32,35H,7,10,13,15-17H2,1-3H3/t18-,21-,24+,26-,28+/m0/s1. The third-order valence-electron chi connectivity index (χ3n) is 8.41. The predicted octanol–water partition coefficient (Wildman–Crippen LogP) is 4.01. The van der Waals surface area contributed by atoms with E-state index in [1.165, 1.54) is 0 Å². The van der Waals surface area contributed by atoms with Gasteiger partial charge in [-0.3, -0.25) is 9.59 Å². The number of rotatable bonds is 6. The number of carbonyl (C=O) groups excluding carboxylic acids is 2. The van der Waals surface area contributed by atoms with E-state index in [2.05, 4.69) is 28.7 Å². The van der Waals surface area contributed by atoms with Crippen molar-refractivity contribution in [3.8, 4) is 0 Å². The van der Waals surface area contributed by atoms with Gasteiger partial charge in [-0.2, -0.15) is 0 Å². The maximum atomic E-state index is 14.3. The monoisotopic (exact) mass is 634 g/mol. The molecule has 7 nitrogen and oxygen atoms in total. The highest BCUT2D eigenvalue weighted by atomic mass is 127. The molecule has 2 aromatic rings. The number of anilines is 1. The molecule has 1 spiro atoms. The zero-order valence-corrected chi connectivity index (χ0v) is 24.7. The maximum Gasteiger partial charge on any atom is 0.264 e. The number of benzene rings is 2. The zero-order valence-electron chi connectivity index (χ0n) is 21.6. The first-order chi connectivity index (χ1) is 17.6. The second-order valence-corrected chi connectivity index (χ2v) is 16.4. The molecule has 3 heterocycles. The summed E-state index contributed by atoms with van der Waals surface area (Å²) in [6, 6.07) is 15.7. The second kappa shape index (κ2) is 10.1. The molecule has 0 bridgehead atoms. The Morgan fingerprint density at radius 3 is 2.68 bits per heavy atom. The molecule has 0 unspecified atom stereocenters. The molecule has 198 valence electrons. The summed E-state index contributed by atoms with van der Waals surface area (Å²) in [5, 5.41) is 9.74. The number of ether oxygens (including phenoxy) is 1. The normalized spacial score (nSPS) is 29.4. The highest BCUT2D eigenvalue weighted by Crippen LogP contribution is 2.59. The molecule has 2 N–H and O–H groups in total. The fourth-order valence-corrected chi connectivity index (χ4v) is 10.0. The van der Waals surface area contributed by atoms with Crippen LogP contribution in [0.3, 0.4) is 0 Å². The first-order valence-electron chi connectivity index (χ1n) is 13.0. The van der Waals surface area contributed by atoms with Gasteiger partial charge in [-0.05, 0) is 72.3 Å². The van der Waals surface area contributed by atoms with E-state index >= 15 is 0 Å². The highest BCUT2D eigenvalue weighted by Gasteiger charge is 2.66. The molecule has 2 saturated heterocycles. The third kappa shape index (κ3) is 4.56. The van der Waals surface area contributed by atoms with E-state index in [1.807, 2.05) is 62.5 Å². The van der Waals surface area contributed by atoms with Crippen LogP contribution < -0.4 is 4.90 Å². The van der Waals surface area contributed by atoms with Crippen LogP contribution in [0.2, 0.25) is 18.6 Å². The number of aliphatic hydroxyl groups is 1. The van der Waals surface area contributed by atoms with Gasteiger partial charge in [-0.15, -0.1) is 0 Å². The molecule has 2 amide bonds. The molecule has 3 aliphatic rings. The van der Waals surface area contributed by atoms with Crippen molar-refractivity contribution >= 4 is 48.4 Å². The van der Waals surface area contributed by atoms with Crippen LogP contribution in [0.4, 0.5) is 5.69 Å². The smallest absolute Gasteiger partial charge is 0.264 e. The lowest BCUT2D eigenvalue weighted by Gasteiger charge is -2.32. The molecule has 0 aromatic heterocycles. The molecule has 9 heteroatoms. The number of carbonyl (C=O) groups is 2. The number of hydrogen-bond acceptors (Lipinski definition) is 5. The average Bonchev–Trinajstić information content (AvgIpc) is 3.50. The van der Waals surface area contributed by atoms with Crippen molar-refractivity contribution in [2.45, 2.75) is 69.1 Å². The van der Waals surface area contributed by atoms with Crippen molar-refractivity contribution in [2.75, 3.05) is 18.1 Å². The third-order valence-corrected chi connectivity index (χ3v) is 11.6. The lowest BCUT2D eigenvalue weighted by atomic mass is 9.82. The second-order valence-electron chi connectivity index (χ2n) is 11.2. The Bertz CT molecular complexity index is 1200. The Hall–Kier alpha value is -1.79. The van der Waals surface area contributed by atoms with Crippen LogP contribution in [-0.2, 0) is 26.5 Å². The van der Waals surface area contributed by atoms with E-state index in [-0.39, 0.29) is 42.3 Å². The SMILES string of the molecule is C[C@H]1[C@H]([Si](C)(C)O)[C@@H](CC(=O)N2CCC[C@H]2CO)O[C@]12C(=O)N(Cc1cccc(I)c1)c1ccccc12. The Morgan fingerprint density at radius 2 is 1.97 bits per heavy atom. The van der Waals surface area contributed by atoms with Gasteiger partial charge in [-0.1, -0.05) is 37.3 Å². The summed E-state index contributed by atoms with van der Waals surface area (Å²) in [6.45, 7) is 6.72. The van der Waals surface area contributed by atoms with Crippen molar-refractivity contribution in [2.24, 2.45) is 5.92 Å². The molecule has 0 saturated carbocycles. The van der Waals surface area contributed by atoms with Gasteiger partial charge in [0.15, 0.2) is 13.9 Å². The highest BCUT2D eigenvalue weighted by molar-refractivity contribution is 14.1. The number of likely N-dealkylation sites (tertiary alicyclic amines) is 1. The predicted molar refractivity (Wildman–Crippen MR) is 152 cm³/mol. The number of nitrogens with zero attached hydrogens (tertiary/aromatic N) is 2. The van der Waals surface area contributed by atoms with Gasteiger partial charge in [0.25, 0.3) is 5.91 Å². The van der Waals surface area contributed by atoms with Crippen LogP contribution in [0, 0.1) is 9.49 Å². The Morgan fingerprint density at radius 1 is 1.22 bits per heavy atom. The summed E-state index contributed by atoms with van der Waals surface area (Å²) in [7, 11) is -2.85. The van der Waals surface area contributed by atoms with Crippen molar-refractivity contribution in [1.82, 2.24) is 4.90 Å². The van der Waals surface area contributed by atoms with E-state index in [4.69, 9.17) is 4.74 Å². The number of fused-ring (bicyclic) bond motifs is 2. The molecule has 3 aliphatic heterocycles. The van der Waals surface area contributed by atoms with Gasteiger partial charge in [0.05, 0.1) is 37.4 Å². The fraction of sp³-hybridized carbons (Fsp3) is 0.500. The summed E-state index contributed by atoms with van der Waals surface area (Å²) in [5.41, 5.74) is 1.11. The molecular weight excluding hydrogens is 599 g/mol. The molecule has 2 fully saturated rings. The molecule has 0 aliphatic carbocycles. The van der Waals surface area contributed by atoms with Crippen LogP contribution in [0.5, 0.6) is 0 Å². The largest absolute Gasteiger partial charge is 0.432 e. The van der Waals surface area contributed by atoms with Crippen LogP contribution >= 0.6 is 22.6 Å². The summed E-state index contributed by atoms with van der Waals surface area (Å²) in [6.07, 6.45) is 1.17. The van der Waals surface area contributed by atoms with Gasteiger partial charge < -0.3 is 24.4 Å². The maximum absolute atomic E-state index is 14.3. The lowest BCUT2D eigenvalue weighted by molar-refractivity contribution is -0.150. The van der Waals surface area contributed by atoms with Crippen molar-refractivity contribution in [3.63, 3.8) is 0 Å². The minimum Gasteiger partial charge on any atom is -0.432 e. The molecule has 0 radical (unpaired) electrons. The van der Waals surface area contributed by atoms with Crippen LogP contribution in [0.25, 0.3) is 0 Å².